The van der Waals surface area contributed by atoms with Gasteiger partial charge in [0.1, 0.15) is 0 Å². The summed E-state index contributed by atoms with van der Waals surface area (Å²) >= 11 is 0. The van der Waals surface area contributed by atoms with Gasteiger partial charge >= 0.3 is 0 Å². The molecular weight excluding hydrogens is 268 g/mol. The molecule has 1 aromatic carbocycles. The van der Waals surface area contributed by atoms with Gasteiger partial charge in [-0.15, -0.1) is 0 Å². The van der Waals surface area contributed by atoms with Crippen molar-refractivity contribution in [1.29, 1.82) is 0 Å². The first-order valence-corrected chi connectivity index (χ1v) is 7.26. The van der Waals surface area contributed by atoms with E-state index in [-0.39, 0.29) is 11.8 Å². The Balaban J connectivity index is 1.75. The van der Waals surface area contributed by atoms with Crippen molar-refractivity contribution in [1.82, 2.24) is 4.90 Å². The van der Waals surface area contributed by atoms with Gasteiger partial charge in [-0.05, 0) is 30.5 Å². The molecule has 0 spiro atoms. The van der Waals surface area contributed by atoms with Gasteiger partial charge < -0.3 is 20.9 Å². The van der Waals surface area contributed by atoms with E-state index in [0.29, 0.717) is 18.7 Å². The van der Waals surface area contributed by atoms with Crippen LogP contribution >= 0.6 is 0 Å². The molecule has 1 saturated heterocycles. The number of nitrogens with two attached hydrogens (primary N) is 1. The lowest BCUT2D eigenvalue weighted by Gasteiger charge is -2.24. The molecule has 0 atom stereocenters. The number of benzene rings is 1. The van der Waals surface area contributed by atoms with E-state index in [4.69, 9.17) is 5.73 Å². The van der Waals surface area contributed by atoms with E-state index in [0.717, 1.165) is 42.9 Å². The summed E-state index contributed by atoms with van der Waals surface area (Å²) in [6.07, 6.45) is 2.54. The quantitative estimate of drug-likeness (QED) is 0.807. The van der Waals surface area contributed by atoms with Crippen molar-refractivity contribution in [2.24, 2.45) is 0 Å². The standard InChI is InChI=1S/C15H20N4O2/c1-18(9-15(21)19-4-2-3-5-19)13-8-12-10(6-11(13)16)7-14(20)17-12/h6,8H,2-5,7,9,16H2,1H3,(H,17,20). The summed E-state index contributed by atoms with van der Waals surface area (Å²) in [6, 6.07) is 3.67. The molecule has 3 rings (SSSR count). The number of hydrogen-bond donors (Lipinski definition) is 2. The number of fused-ring (bicyclic) bond motifs is 1. The topological polar surface area (TPSA) is 78.7 Å². The number of likely N-dealkylation sites (tertiary alicyclic amines) is 1. The number of nitrogens with zero attached hydrogens (tertiary/aromatic N) is 2. The van der Waals surface area contributed by atoms with Gasteiger partial charge in [0.25, 0.3) is 0 Å². The Hall–Kier alpha value is -2.24. The van der Waals surface area contributed by atoms with Crippen molar-refractivity contribution in [3.05, 3.63) is 17.7 Å². The maximum Gasteiger partial charge on any atom is 0.242 e. The fraction of sp³-hybridized carbons (Fsp3) is 0.467. The first-order valence-electron chi connectivity index (χ1n) is 7.26. The summed E-state index contributed by atoms with van der Waals surface area (Å²) in [5.74, 6) is 0.108. The molecule has 2 heterocycles. The minimum absolute atomic E-state index is 0.0163. The third-order valence-corrected chi connectivity index (χ3v) is 4.12. The molecule has 2 aliphatic heterocycles. The Bertz CT molecular complexity index is 594. The number of nitrogen functional groups attached to an aromatic ring is 1. The number of hydrogen-bond acceptors (Lipinski definition) is 4. The van der Waals surface area contributed by atoms with Crippen LogP contribution in [-0.4, -0.2) is 43.4 Å². The van der Waals surface area contributed by atoms with Crippen LogP contribution in [0.5, 0.6) is 0 Å². The van der Waals surface area contributed by atoms with Gasteiger partial charge in [-0.25, -0.2) is 0 Å². The molecule has 0 bridgehead atoms. The second-order valence-corrected chi connectivity index (χ2v) is 5.74. The van der Waals surface area contributed by atoms with Gasteiger partial charge in [0.2, 0.25) is 11.8 Å². The smallest absolute Gasteiger partial charge is 0.242 e. The Morgan fingerprint density at radius 2 is 2.10 bits per heavy atom. The molecule has 6 heteroatoms. The van der Waals surface area contributed by atoms with Crippen molar-refractivity contribution in [3.63, 3.8) is 0 Å². The van der Waals surface area contributed by atoms with Gasteiger partial charge in [0.15, 0.2) is 0 Å². The van der Waals surface area contributed by atoms with E-state index >= 15 is 0 Å². The zero-order chi connectivity index (χ0) is 15.0. The molecular formula is C15H20N4O2. The first kappa shape index (κ1) is 13.7. The molecule has 1 fully saturated rings. The van der Waals surface area contributed by atoms with Gasteiger partial charge in [0.05, 0.1) is 24.3 Å². The second-order valence-electron chi connectivity index (χ2n) is 5.74. The van der Waals surface area contributed by atoms with E-state index < -0.39 is 0 Å². The van der Waals surface area contributed by atoms with Gasteiger partial charge in [-0.3, -0.25) is 9.59 Å². The lowest BCUT2D eigenvalue weighted by Crippen LogP contribution is -2.37. The molecule has 3 N–H and O–H groups in total. The molecule has 0 saturated carbocycles. The van der Waals surface area contributed by atoms with Crippen molar-refractivity contribution >= 4 is 28.9 Å². The number of anilines is 3. The highest BCUT2D eigenvalue weighted by Crippen LogP contribution is 2.33. The maximum absolute atomic E-state index is 12.2. The molecule has 2 amide bonds. The molecule has 0 radical (unpaired) electrons. The highest BCUT2D eigenvalue weighted by atomic mass is 16.2. The Kier molecular flexibility index (Phi) is 3.45. The normalized spacial score (nSPS) is 16.8. The fourth-order valence-corrected chi connectivity index (χ4v) is 2.97. The largest absolute Gasteiger partial charge is 0.397 e. The summed E-state index contributed by atoms with van der Waals surface area (Å²) < 4.78 is 0. The number of rotatable bonds is 3. The first-order chi connectivity index (χ1) is 10.0. The summed E-state index contributed by atoms with van der Waals surface area (Å²) in [4.78, 5) is 27.4. The third kappa shape index (κ3) is 2.66. The van der Waals surface area contributed by atoms with E-state index in [1.807, 2.05) is 29.0 Å². The Morgan fingerprint density at radius 1 is 1.38 bits per heavy atom. The molecule has 0 aromatic heterocycles. The molecule has 21 heavy (non-hydrogen) atoms. The van der Waals surface area contributed by atoms with E-state index in [1.54, 1.807) is 0 Å². The van der Waals surface area contributed by atoms with E-state index in [1.165, 1.54) is 0 Å². The zero-order valence-corrected chi connectivity index (χ0v) is 12.2. The fourth-order valence-electron chi connectivity index (χ4n) is 2.97. The summed E-state index contributed by atoms with van der Waals surface area (Å²) in [5, 5.41) is 2.81. The van der Waals surface area contributed by atoms with E-state index in [2.05, 4.69) is 5.32 Å². The van der Waals surface area contributed by atoms with Crippen LogP contribution in [0.2, 0.25) is 0 Å². The van der Waals surface area contributed by atoms with Crippen molar-refractivity contribution < 1.29 is 9.59 Å². The van der Waals surface area contributed by atoms with Crippen LogP contribution in [-0.2, 0) is 16.0 Å². The van der Waals surface area contributed by atoms with Crippen LogP contribution in [0.1, 0.15) is 18.4 Å². The third-order valence-electron chi connectivity index (χ3n) is 4.12. The van der Waals surface area contributed by atoms with E-state index in [9.17, 15) is 9.59 Å². The number of likely N-dealkylation sites (N-methyl/N-ethyl adjacent to an activating group) is 1. The highest BCUT2D eigenvalue weighted by Gasteiger charge is 2.23. The minimum atomic E-state index is -0.0163. The summed E-state index contributed by atoms with van der Waals surface area (Å²) in [7, 11) is 1.85. The van der Waals surface area contributed by atoms with Crippen LogP contribution < -0.4 is 16.0 Å². The lowest BCUT2D eigenvalue weighted by molar-refractivity contribution is -0.128. The summed E-state index contributed by atoms with van der Waals surface area (Å²) in [6.45, 7) is 2.00. The Labute approximate surface area is 123 Å². The molecule has 6 nitrogen and oxygen atoms in total. The molecule has 2 aliphatic rings. The van der Waals surface area contributed by atoms with Crippen molar-refractivity contribution in [2.45, 2.75) is 19.3 Å². The summed E-state index contributed by atoms with van der Waals surface area (Å²) in [5.41, 5.74) is 9.16. The van der Waals surface area contributed by atoms with Crippen LogP contribution in [0, 0.1) is 0 Å². The van der Waals surface area contributed by atoms with Crippen LogP contribution in [0.15, 0.2) is 12.1 Å². The maximum atomic E-state index is 12.2. The van der Waals surface area contributed by atoms with Crippen LogP contribution in [0.25, 0.3) is 0 Å². The number of nitrogens with one attached hydrogen (secondary N) is 1. The molecule has 1 aromatic rings. The number of amides is 2. The number of carbonyl (C=O) groups is 2. The predicted molar refractivity (Wildman–Crippen MR) is 82.3 cm³/mol. The van der Waals surface area contributed by atoms with Crippen LogP contribution in [0.3, 0.4) is 0 Å². The number of carbonyl (C=O) groups excluding carboxylic acids is 2. The molecule has 0 aliphatic carbocycles. The second kappa shape index (κ2) is 5.27. The van der Waals surface area contributed by atoms with Crippen LogP contribution in [0.4, 0.5) is 17.1 Å². The van der Waals surface area contributed by atoms with Gasteiger partial charge in [-0.2, -0.15) is 0 Å². The monoisotopic (exact) mass is 288 g/mol. The van der Waals surface area contributed by atoms with Gasteiger partial charge in [-0.1, -0.05) is 0 Å². The van der Waals surface area contributed by atoms with Crippen molar-refractivity contribution in [3.8, 4) is 0 Å². The average Bonchev–Trinajstić information content (AvgIpc) is 3.05. The highest BCUT2D eigenvalue weighted by molar-refractivity contribution is 6.01. The lowest BCUT2D eigenvalue weighted by atomic mass is 10.1. The predicted octanol–water partition coefficient (Wildman–Crippen LogP) is 0.822. The van der Waals surface area contributed by atoms with Gasteiger partial charge in [0, 0.05) is 25.8 Å². The average molecular weight is 288 g/mol. The molecule has 0 unspecified atom stereocenters. The zero-order valence-electron chi connectivity index (χ0n) is 12.2. The minimum Gasteiger partial charge on any atom is -0.397 e. The SMILES string of the molecule is CN(CC(=O)N1CCCC1)c1cc2c(cc1N)CC(=O)N2. The molecule has 112 valence electrons. The van der Waals surface area contributed by atoms with Crippen molar-refractivity contribution in [2.75, 3.05) is 42.6 Å². The Morgan fingerprint density at radius 3 is 2.81 bits per heavy atom.